The quantitative estimate of drug-likeness (QED) is 0.744. The van der Waals surface area contributed by atoms with Crippen molar-refractivity contribution in [3.05, 3.63) is 47.3 Å². The molecular formula is C20H23N3O4S. The van der Waals surface area contributed by atoms with Gasteiger partial charge in [0.25, 0.3) is 5.91 Å². The van der Waals surface area contributed by atoms with Gasteiger partial charge in [-0.1, -0.05) is 35.5 Å². The predicted molar refractivity (Wildman–Crippen MR) is 106 cm³/mol. The lowest BCUT2D eigenvalue weighted by Crippen LogP contribution is -2.75. The summed E-state index contributed by atoms with van der Waals surface area (Å²) in [6, 6.07) is 9.05. The molecule has 4 rings (SSSR count). The number of aromatic nitrogens is 1. The maximum atomic E-state index is 13.0. The van der Waals surface area contributed by atoms with Crippen molar-refractivity contribution in [3.8, 4) is 0 Å². The number of rotatable bonds is 5. The van der Waals surface area contributed by atoms with Crippen LogP contribution < -0.4 is 5.32 Å². The third-order valence-electron chi connectivity index (χ3n) is 5.54. The number of nitrogens with zero attached hydrogens (tertiary/aromatic N) is 2. The van der Waals surface area contributed by atoms with Gasteiger partial charge in [-0.05, 0) is 33.3 Å². The van der Waals surface area contributed by atoms with Gasteiger partial charge in [-0.3, -0.25) is 4.79 Å². The molecule has 3 heterocycles. The molecule has 0 aliphatic carbocycles. The monoisotopic (exact) mass is 401 g/mol. The highest BCUT2D eigenvalue weighted by Crippen LogP contribution is 2.55. The number of aryl methyl sites for hydroxylation is 1. The zero-order valence-electron chi connectivity index (χ0n) is 16.2. The molecule has 2 saturated heterocycles. The van der Waals surface area contributed by atoms with E-state index in [2.05, 4.69) is 10.5 Å². The normalized spacial score (nSPS) is 28.0. The lowest BCUT2D eigenvalue weighted by molar-refractivity contribution is -0.163. The molecule has 0 radical (unpaired) electrons. The van der Waals surface area contributed by atoms with Crippen molar-refractivity contribution in [2.75, 3.05) is 5.32 Å². The molecule has 3 atom stereocenters. The first kappa shape index (κ1) is 18.9. The fourth-order valence-electron chi connectivity index (χ4n) is 4.08. The summed E-state index contributed by atoms with van der Waals surface area (Å²) in [5.41, 5.74) is 1.55. The summed E-state index contributed by atoms with van der Waals surface area (Å²) in [4.78, 5) is 26.2. The molecule has 1 aromatic heterocycles. The standard InChI is InChI=1S/C20H23N3O4S/c1-11-14(13(27-22-11)10-12-8-6-5-7-9-12)21-20(4)17(26)23-15(16(24)25)19(2,3)28-18(20)23/h5-9,15,18,21H,10H2,1-4H3,(H,24,25)/t15-,18+,20-/m0/s1. The Morgan fingerprint density at radius 2 is 2.00 bits per heavy atom. The molecule has 28 heavy (non-hydrogen) atoms. The largest absolute Gasteiger partial charge is 0.480 e. The number of carbonyl (C=O) groups excluding carboxylic acids is 1. The highest BCUT2D eigenvalue weighted by molar-refractivity contribution is 8.01. The number of carbonyl (C=O) groups is 2. The maximum Gasteiger partial charge on any atom is 0.327 e. The Labute approximate surface area is 167 Å². The van der Waals surface area contributed by atoms with Crippen LogP contribution in [0.4, 0.5) is 5.69 Å². The first-order chi connectivity index (χ1) is 13.1. The Morgan fingerprint density at radius 3 is 2.64 bits per heavy atom. The minimum absolute atomic E-state index is 0.214. The zero-order chi connectivity index (χ0) is 20.3. The number of aliphatic carboxylic acids is 1. The van der Waals surface area contributed by atoms with Gasteiger partial charge >= 0.3 is 5.97 Å². The van der Waals surface area contributed by atoms with Crippen LogP contribution in [-0.2, 0) is 16.0 Å². The molecule has 148 valence electrons. The molecule has 2 N–H and O–H groups in total. The molecule has 0 saturated carbocycles. The van der Waals surface area contributed by atoms with Crippen molar-refractivity contribution >= 4 is 29.3 Å². The maximum absolute atomic E-state index is 13.0. The van der Waals surface area contributed by atoms with Crippen molar-refractivity contribution in [1.82, 2.24) is 10.1 Å². The van der Waals surface area contributed by atoms with E-state index in [1.54, 1.807) is 0 Å². The number of benzene rings is 1. The van der Waals surface area contributed by atoms with Crippen LogP contribution in [0.25, 0.3) is 0 Å². The average Bonchev–Trinajstić information content (AvgIpc) is 3.12. The van der Waals surface area contributed by atoms with E-state index in [1.807, 2.05) is 58.0 Å². The number of nitrogens with one attached hydrogen (secondary N) is 1. The summed E-state index contributed by atoms with van der Waals surface area (Å²) >= 11 is 1.51. The van der Waals surface area contributed by atoms with Crippen LogP contribution in [0.3, 0.4) is 0 Å². The second-order valence-electron chi connectivity index (χ2n) is 8.08. The van der Waals surface area contributed by atoms with Gasteiger partial charge in [-0.15, -0.1) is 11.8 Å². The van der Waals surface area contributed by atoms with E-state index >= 15 is 0 Å². The molecular weight excluding hydrogens is 378 g/mol. The van der Waals surface area contributed by atoms with E-state index in [4.69, 9.17) is 4.52 Å². The molecule has 1 aromatic carbocycles. The van der Waals surface area contributed by atoms with Crippen LogP contribution in [-0.4, -0.2) is 48.7 Å². The van der Waals surface area contributed by atoms with Crippen LogP contribution in [0.2, 0.25) is 0 Å². The average molecular weight is 401 g/mol. The number of fused-ring (bicyclic) bond motifs is 1. The number of anilines is 1. The number of carboxylic acids is 1. The molecule has 7 nitrogen and oxygen atoms in total. The van der Waals surface area contributed by atoms with Gasteiger partial charge in [0.1, 0.15) is 28.3 Å². The lowest BCUT2D eigenvalue weighted by Gasteiger charge is -2.51. The summed E-state index contributed by atoms with van der Waals surface area (Å²) < 4.78 is 4.96. The Morgan fingerprint density at radius 1 is 1.32 bits per heavy atom. The van der Waals surface area contributed by atoms with Crippen LogP contribution in [0, 0.1) is 6.92 Å². The summed E-state index contributed by atoms with van der Waals surface area (Å²) in [6.45, 7) is 7.39. The van der Waals surface area contributed by atoms with Crippen LogP contribution >= 0.6 is 11.8 Å². The molecule has 8 heteroatoms. The molecule has 2 aliphatic heterocycles. The van der Waals surface area contributed by atoms with Crippen molar-refractivity contribution in [3.63, 3.8) is 0 Å². The van der Waals surface area contributed by atoms with Gasteiger partial charge in [0, 0.05) is 11.2 Å². The highest BCUT2D eigenvalue weighted by Gasteiger charge is 2.69. The molecule has 0 unspecified atom stereocenters. The molecule has 1 amide bonds. The highest BCUT2D eigenvalue weighted by atomic mass is 32.2. The number of β-lactam (4-membered cyclic amide) rings is 1. The Balaban J connectivity index is 1.61. The van der Waals surface area contributed by atoms with Gasteiger partial charge < -0.3 is 19.8 Å². The number of amides is 1. The summed E-state index contributed by atoms with van der Waals surface area (Å²) in [7, 11) is 0. The van der Waals surface area contributed by atoms with Crippen molar-refractivity contribution in [2.45, 2.75) is 55.8 Å². The smallest absolute Gasteiger partial charge is 0.327 e. The summed E-state index contributed by atoms with van der Waals surface area (Å²) in [5, 5.41) is 16.8. The van der Waals surface area contributed by atoms with E-state index in [0.29, 0.717) is 23.6 Å². The van der Waals surface area contributed by atoms with Crippen molar-refractivity contribution in [1.29, 1.82) is 0 Å². The molecule has 0 spiro atoms. The van der Waals surface area contributed by atoms with Crippen LogP contribution in [0.1, 0.15) is 37.8 Å². The third kappa shape index (κ3) is 2.70. The topological polar surface area (TPSA) is 95.7 Å². The Bertz CT molecular complexity index is 942. The minimum Gasteiger partial charge on any atom is -0.480 e. The Hall–Kier alpha value is -2.48. The van der Waals surface area contributed by atoms with Crippen molar-refractivity contribution in [2.24, 2.45) is 0 Å². The van der Waals surface area contributed by atoms with Gasteiger partial charge in [0.2, 0.25) is 0 Å². The van der Waals surface area contributed by atoms with Gasteiger partial charge in [-0.2, -0.15) is 0 Å². The van der Waals surface area contributed by atoms with E-state index in [-0.39, 0.29) is 11.3 Å². The molecule has 2 fully saturated rings. The fourth-order valence-corrected chi connectivity index (χ4v) is 5.72. The lowest BCUT2D eigenvalue weighted by atomic mass is 9.85. The number of carboxylic acid groups (broad SMARTS) is 1. The minimum atomic E-state index is -0.971. The predicted octanol–water partition coefficient (Wildman–Crippen LogP) is 2.89. The van der Waals surface area contributed by atoms with E-state index in [1.165, 1.54) is 16.7 Å². The van der Waals surface area contributed by atoms with Gasteiger partial charge in [-0.25, -0.2) is 4.79 Å². The SMILES string of the molecule is Cc1noc(Cc2ccccc2)c1N[C@@]1(C)C(=O)N2[C@@H](C(=O)O)C(C)(C)S[C@@H]21. The first-order valence-corrected chi connectivity index (χ1v) is 10.0. The van der Waals surface area contributed by atoms with Crippen LogP contribution in [0.15, 0.2) is 34.9 Å². The summed E-state index contributed by atoms with van der Waals surface area (Å²) in [6.07, 6.45) is 0.555. The number of hydrogen-bond donors (Lipinski definition) is 2. The van der Waals surface area contributed by atoms with E-state index in [0.717, 1.165) is 5.56 Å². The number of thioether (sulfide) groups is 1. The third-order valence-corrected chi connectivity index (χ3v) is 7.29. The molecule has 2 aliphatic rings. The van der Waals surface area contributed by atoms with Crippen molar-refractivity contribution < 1.29 is 19.2 Å². The summed E-state index contributed by atoms with van der Waals surface area (Å²) in [5.74, 6) is -0.524. The van der Waals surface area contributed by atoms with Crippen LogP contribution in [0.5, 0.6) is 0 Å². The first-order valence-electron chi connectivity index (χ1n) is 9.16. The second kappa shape index (κ2) is 6.27. The molecule has 2 aromatic rings. The van der Waals surface area contributed by atoms with E-state index in [9.17, 15) is 14.7 Å². The van der Waals surface area contributed by atoms with Gasteiger partial charge in [0.05, 0.1) is 0 Å². The number of hydrogen-bond acceptors (Lipinski definition) is 6. The van der Waals surface area contributed by atoms with Gasteiger partial charge in [0.15, 0.2) is 5.76 Å². The second-order valence-corrected chi connectivity index (χ2v) is 9.82. The molecule has 0 bridgehead atoms. The van der Waals surface area contributed by atoms with E-state index < -0.39 is 22.3 Å². The Kier molecular flexibility index (Phi) is 4.22. The zero-order valence-corrected chi connectivity index (χ0v) is 17.0. The fraction of sp³-hybridized carbons (Fsp3) is 0.450.